The van der Waals surface area contributed by atoms with Crippen molar-refractivity contribution in [3.05, 3.63) is 33.9 Å². The van der Waals surface area contributed by atoms with Crippen molar-refractivity contribution in [2.24, 2.45) is 0 Å². The molecule has 0 atom stereocenters. The monoisotopic (exact) mass is 323 g/mol. The van der Waals surface area contributed by atoms with Crippen LogP contribution in [-0.4, -0.2) is 59.1 Å². The van der Waals surface area contributed by atoms with Gasteiger partial charge in [-0.05, 0) is 32.2 Å². The highest BCUT2D eigenvalue weighted by atomic mass is 32.2. The van der Waals surface area contributed by atoms with E-state index in [2.05, 4.69) is 18.7 Å². The molecule has 1 aliphatic rings. The van der Waals surface area contributed by atoms with Gasteiger partial charge >= 0.3 is 0 Å². The number of nitro benzene ring substituents is 1. The molecule has 1 aromatic rings. The fraction of sp³-hybridized carbons (Fsp3) is 0.533. The molecule has 1 amide bonds. The molecule has 1 fully saturated rings. The summed E-state index contributed by atoms with van der Waals surface area (Å²) in [4.78, 5) is 28.2. The first kappa shape index (κ1) is 16.8. The Hall–Kier alpha value is -1.60. The largest absolute Gasteiger partial charge is 0.336 e. The number of carbonyl (C=O) groups excluding carboxylic acids is 1. The van der Waals surface area contributed by atoms with Gasteiger partial charge in [0.15, 0.2) is 0 Å². The normalized spacial score (nSPS) is 16.1. The van der Waals surface area contributed by atoms with Gasteiger partial charge in [-0.1, -0.05) is 0 Å². The van der Waals surface area contributed by atoms with Crippen molar-refractivity contribution in [1.82, 2.24) is 9.80 Å². The number of rotatable bonds is 4. The molecule has 0 radical (unpaired) electrons. The Morgan fingerprint density at radius 3 is 2.41 bits per heavy atom. The molecule has 0 spiro atoms. The van der Waals surface area contributed by atoms with Crippen LogP contribution in [0.5, 0.6) is 0 Å². The van der Waals surface area contributed by atoms with E-state index in [0.29, 0.717) is 19.1 Å². The fourth-order valence-electron chi connectivity index (χ4n) is 2.58. The van der Waals surface area contributed by atoms with E-state index in [4.69, 9.17) is 0 Å². The molecule has 1 aliphatic heterocycles. The molecule has 0 unspecified atom stereocenters. The Morgan fingerprint density at radius 1 is 1.27 bits per heavy atom. The van der Waals surface area contributed by atoms with E-state index in [1.54, 1.807) is 17.0 Å². The SMILES string of the molecule is CSc1ccc([N+](=O)[O-])c(C(=O)N2CCN(C(C)C)CC2)c1. The predicted molar refractivity (Wildman–Crippen MR) is 87.5 cm³/mol. The minimum absolute atomic E-state index is 0.117. The Bertz CT molecular complexity index is 569. The van der Waals surface area contributed by atoms with Gasteiger partial charge in [-0.3, -0.25) is 19.8 Å². The first-order chi connectivity index (χ1) is 10.4. The molecule has 0 saturated carbocycles. The first-order valence-corrected chi connectivity index (χ1v) is 8.52. The maximum absolute atomic E-state index is 12.7. The van der Waals surface area contributed by atoms with E-state index in [0.717, 1.165) is 18.0 Å². The van der Waals surface area contributed by atoms with Crippen LogP contribution >= 0.6 is 11.8 Å². The standard InChI is InChI=1S/C15H21N3O3S/c1-11(2)16-6-8-17(9-7-16)15(19)13-10-12(22-3)4-5-14(13)18(20)21/h4-5,10-11H,6-9H2,1-3H3. The highest BCUT2D eigenvalue weighted by Crippen LogP contribution is 2.26. The first-order valence-electron chi connectivity index (χ1n) is 7.29. The fourth-order valence-corrected chi connectivity index (χ4v) is 3.02. The van der Waals surface area contributed by atoms with Gasteiger partial charge < -0.3 is 4.90 Å². The van der Waals surface area contributed by atoms with Gasteiger partial charge in [0.25, 0.3) is 11.6 Å². The van der Waals surface area contributed by atoms with Crippen molar-refractivity contribution in [2.45, 2.75) is 24.8 Å². The summed E-state index contributed by atoms with van der Waals surface area (Å²) < 4.78 is 0. The number of piperazine rings is 1. The van der Waals surface area contributed by atoms with Gasteiger partial charge in [-0.25, -0.2) is 0 Å². The molecule has 120 valence electrons. The van der Waals surface area contributed by atoms with Crippen LogP contribution in [-0.2, 0) is 0 Å². The summed E-state index contributed by atoms with van der Waals surface area (Å²) >= 11 is 1.47. The maximum atomic E-state index is 12.7. The van der Waals surface area contributed by atoms with Gasteiger partial charge in [0, 0.05) is 43.2 Å². The van der Waals surface area contributed by atoms with Crippen molar-refractivity contribution < 1.29 is 9.72 Å². The van der Waals surface area contributed by atoms with Crippen LogP contribution in [0.25, 0.3) is 0 Å². The van der Waals surface area contributed by atoms with Crippen LogP contribution in [0.4, 0.5) is 5.69 Å². The second-order valence-corrected chi connectivity index (χ2v) is 6.44. The highest BCUT2D eigenvalue weighted by Gasteiger charge is 2.28. The molecular formula is C15H21N3O3S. The Balaban J connectivity index is 2.20. The molecule has 1 heterocycles. The van der Waals surface area contributed by atoms with Crippen molar-refractivity contribution in [3.8, 4) is 0 Å². The summed E-state index contributed by atoms with van der Waals surface area (Å²) in [6.07, 6.45) is 1.89. The second-order valence-electron chi connectivity index (χ2n) is 5.56. The summed E-state index contributed by atoms with van der Waals surface area (Å²) in [6.45, 7) is 7.09. The number of nitro groups is 1. The number of benzene rings is 1. The van der Waals surface area contributed by atoms with E-state index in [9.17, 15) is 14.9 Å². The molecule has 0 aromatic heterocycles. The van der Waals surface area contributed by atoms with Gasteiger partial charge in [0.2, 0.25) is 0 Å². The number of carbonyl (C=O) groups is 1. The summed E-state index contributed by atoms with van der Waals surface area (Å²) in [6, 6.07) is 5.17. The Labute approximate surface area is 134 Å². The third-order valence-corrected chi connectivity index (χ3v) is 4.69. The number of hydrogen-bond donors (Lipinski definition) is 0. The third kappa shape index (κ3) is 3.59. The zero-order chi connectivity index (χ0) is 16.3. The molecule has 0 aliphatic carbocycles. The molecule has 0 bridgehead atoms. The van der Waals surface area contributed by atoms with Crippen LogP contribution in [0.3, 0.4) is 0 Å². The van der Waals surface area contributed by atoms with Gasteiger partial charge in [-0.15, -0.1) is 11.8 Å². The molecule has 1 aromatic carbocycles. The summed E-state index contributed by atoms with van der Waals surface area (Å²) in [7, 11) is 0. The van der Waals surface area contributed by atoms with Crippen LogP contribution in [0.1, 0.15) is 24.2 Å². The molecule has 22 heavy (non-hydrogen) atoms. The quantitative estimate of drug-likeness (QED) is 0.484. The smallest absolute Gasteiger partial charge is 0.282 e. The lowest BCUT2D eigenvalue weighted by molar-refractivity contribution is -0.385. The molecule has 0 N–H and O–H groups in total. The lowest BCUT2D eigenvalue weighted by Gasteiger charge is -2.36. The van der Waals surface area contributed by atoms with Crippen molar-refractivity contribution >= 4 is 23.4 Å². The topological polar surface area (TPSA) is 66.7 Å². The van der Waals surface area contributed by atoms with Crippen molar-refractivity contribution in [2.75, 3.05) is 32.4 Å². The number of hydrogen-bond acceptors (Lipinski definition) is 5. The molecule has 6 nitrogen and oxygen atoms in total. The predicted octanol–water partition coefficient (Wildman–Crippen LogP) is 2.48. The van der Waals surface area contributed by atoms with E-state index < -0.39 is 4.92 Å². The minimum Gasteiger partial charge on any atom is -0.336 e. The number of amides is 1. The highest BCUT2D eigenvalue weighted by molar-refractivity contribution is 7.98. The van der Waals surface area contributed by atoms with Crippen molar-refractivity contribution in [3.63, 3.8) is 0 Å². The van der Waals surface area contributed by atoms with E-state index >= 15 is 0 Å². The van der Waals surface area contributed by atoms with E-state index in [1.165, 1.54) is 17.8 Å². The zero-order valence-electron chi connectivity index (χ0n) is 13.1. The average molecular weight is 323 g/mol. The lowest BCUT2D eigenvalue weighted by Crippen LogP contribution is -2.50. The summed E-state index contributed by atoms with van der Waals surface area (Å²) in [5.74, 6) is -0.244. The molecule has 2 rings (SSSR count). The summed E-state index contributed by atoms with van der Waals surface area (Å²) in [5, 5.41) is 11.2. The molecule has 7 heteroatoms. The molecule has 1 saturated heterocycles. The number of thioether (sulfide) groups is 1. The lowest BCUT2D eigenvalue weighted by atomic mass is 10.1. The van der Waals surface area contributed by atoms with Gasteiger partial charge in [0.05, 0.1) is 4.92 Å². The zero-order valence-corrected chi connectivity index (χ0v) is 13.9. The minimum atomic E-state index is -0.484. The van der Waals surface area contributed by atoms with Gasteiger partial charge in [-0.2, -0.15) is 0 Å². The number of nitrogens with zero attached hydrogens (tertiary/aromatic N) is 3. The van der Waals surface area contributed by atoms with Crippen LogP contribution in [0.2, 0.25) is 0 Å². The maximum Gasteiger partial charge on any atom is 0.282 e. The van der Waals surface area contributed by atoms with Crippen LogP contribution in [0, 0.1) is 10.1 Å². The summed E-state index contributed by atoms with van der Waals surface area (Å²) in [5.41, 5.74) is 0.0731. The van der Waals surface area contributed by atoms with Crippen LogP contribution < -0.4 is 0 Å². The van der Waals surface area contributed by atoms with Crippen LogP contribution in [0.15, 0.2) is 23.1 Å². The van der Waals surface area contributed by atoms with E-state index in [-0.39, 0.29) is 17.2 Å². The second kappa shape index (κ2) is 7.11. The third-order valence-electron chi connectivity index (χ3n) is 3.96. The Morgan fingerprint density at radius 2 is 1.91 bits per heavy atom. The van der Waals surface area contributed by atoms with E-state index in [1.807, 2.05) is 6.26 Å². The average Bonchev–Trinajstić information content (AvgIpc) is 2.53. The van der Waals surface area contributed by atoms with Gasteiger partial charge in [0.1, 0.15) is 5.56 Å². The Kier molecular flexibility index (Phi) is 5.42. The van der Waals surface area contributed by atoms with Crippen molar-refractivity contribution in [1.29, 1.82) is 0 Å². The molecular weight excluding hydrogens is 302 g/mol.